The third kappa shape index (κ3) is 6.68. The van der Waals surface area contributed by atoms with Gasteiger partial charge in [0.05, 0.1) is 13.7 Å². The molecule has 2 N–H and O–H groups in total. The zero-order valence-electron chi connectivity index (χ0n) is 13.8. The number of nitrogens with zero attached hydrogens (tertiary/aromatic N) is 1. The Labute approximate surface area is 123 Å². The molecule has 5 nitrogen and oxygen atoms in total. The quantitative estimate of drug-likeness (QED) is 0.587. The molecular weight excluding hydrogens is 256 g/mol. The van der Waals surface area contributed by atoms with E-state index in [2.05, 4.69) is 18.7 Å². The van der Waals surface area contributed by atoms with Crippen molar-refractivity contribution >= 4 is 5.97 Å². The highest BCUT2D eigenvalue weighted by Crippen LogP contribution is 2.14. The summed E-state index contributed by atoms with van der Waals surface area (Å²) in [4.78, 5) is 14.0. The van der Waals surface area contributed by atoms with Gasteiger partial charge >= 0.3 is 5.97 Å². The van der Waals surface area contributed by atoms with Gasteiger partial charge in [-0.05, 0) is 39.2 Å². The van der Waals surface area contributed by atoms with E-state index in [1.165, 1.54) is 7.11 Å². The van der Waals surface area contributed by atoms with Crippen molar-refractivity contribution in [2.45, 2.75) is 58.0 Å². The van der Waals surface area contributed by atoms with Gasteiger partial charge in [0.25, 0.3) is 0 Å². The Morgan fingerprint density at radius 1 is 1.25 bits per heavy atom. The van der Waals surface area contributed by atoms with E-state index in [1.807, 2.05) is 0 Å². The fourth-order valence-electron chi connectivity index (χ4n) is 2.48. The number of hydrogen-bond acceptors (Lipinski definition) is 5. The molecule has 0 heterocycles. The summed E-state index contributed by atoms with van der Waals surface area (Å²) in [6.07, 6.45) is 3.75. The summed E-state index contributed by atoms with van der Waals surface area (Å²) in [5.41, 5.74) is 5.09. The van der Waals surface area contributed by atoms with Crippen molar-refractivity contribution in [2.75, 3.05) is 33.9 Å². The van der Waals surface area contributed by atoms with Gasteiger partial charge in [-0.3, -0.25) is 9.69 Å². The van der Waals surface area contributed by atoms with Crippen molar-refractivity contribution in [1.29, 1.82) is 0 Å². The third-order valence-corrected chi connectivity index (χ3v) is 3.83. The summed E-state index contributed by atoms with van der Waals surface area (Å²) in [5.74, 6) is -0.344. The molecule has 120 valence electrons. The lowest BCUT2D eigenvalue weighted by Gasteiger charge is -2.31. The molecule has 0 bridgehead atoms. The first kappa shape index (κ1) is 19.4. The molecule has 0 aromatic carbocycles. The lowest BCUT2D eigenvalue weighted by atomic mass is 9.97. The molecule has 20 heavy (non-hydrogen) atoms. The predicted molar refractivity (Wildman–Crippen MR) is 81.7 cm³/mol. The minimum absolute atomic E-state index is 0.344. The summed E-state index contributed by atoms with van der Waals surface area (Å²) in [6, 6.07) is 0.562. The van der Waals surface area contributed by atoms with Crippen LogP contribution in [0.1, 0.15) is 46.5 Å². The maximum Gasteiger partial charge on any atom is 0.325 e. The van der Waals surface area contributed by atoms with E-state index in [-0.39, 0.29) is 5.97 Å². The summed E-state index contributed by atoms with van der Waals surface area (Å²) in [5, 5.41) is 0. The van der Waals surface area contributed by atoms with Crippen LogP contribution >= 0.6 is 0 Å². The Balaban J connectivity index is 4.35. The number of methoxy groups -OCH3 is 2. The van der Waals surface area contributed by atoms with E-state index in [4.69, 9.17) is 15.2 Å². The van der Waals surface area contributed by atoms with Crippen molar-refractivity contribution in [3.8, 4) is 0 Å². The molecule has 0 spiro atoms. The van der Waals surface area contributed by atoms with E-state index in [1.54, 1.807) is 14.0 Å². The van der Waals surface area contributed by atoms with Crippen LogP contribution < -0.4 is 5.73 Å². The molecule has 0 radical (unpaired) electrons. The highest BCUT2D eigenvalue weighted by atomic mass is 16.5. The number of esters is 1. The van der Waals surface area contributed by atoms with Crippen LogP contribution in [0.5, 0.6) is 0 Å². The average molecular weight is 288 g/mol. The minimum atomic E-state index is -0.893. The average Bonchev–Trinajstić information content (AvgIpc) is 2.44. The van der Waals surface area contributed by atoms with Crippen molar-refractivity contribution < 1.29 is 14.3 Å². The summed E-state index contributed by atoms with van der Waals surface area (Å²) in [6.45, 7) is 8.72. The monoisotopic (exact) mass is 288 g/mol. The lowest BCUT2D eigenvalue weighted by Crippen LogP contribution is -2.46. The topological polar surface area (TPSA) is 64.8 Å². The summed E-state index contributed by atoms with van der Waals surface area (Å²) < 4.78 is 9.90. The van der Waals surface area contributed by atoms with Crippen LogP contribution in [0.15, 0.2) is 0 Å². The van der Waals surface area contributed by atoms with Gasteiger partial charge < -0.3 is 15.2 Å². The zero-order chi connectivity index (χ0) is 15.6. The first-order valence-electron chi connectivity index (χ1n) is 7.53. The van der Waals surface area contributed by atoms with Gasteiger partial charge in [0.15, 0.2) is 0 Å². The second-order valence-corrected chi connectivity index (χ2v) is 5.51. The number of rotatable bonds is 11. The second kappa shape index (κ2) is 10.1. The van der Waals surface area contributed by atoms with Crippen LogP contribution in [-0.4, -0.2) is 56.4 Å². The van der Waals surface area contributed by atoms with Gasteiger partial charge in [0.1, 0.15) is 5.54 Å². The van der Waals surface area contributed by atoms with Crippen LogP contribution in [-0.2, 0) is 14.3 Å². The maximum atomic E-state index is 11.5. The van der Waals surface area contributed by atoms with Crippen molar-refractivity contribution in [3.63, 3.8) is 0 Å². The highest BCUT2D eigenvalue weighted by Gasteiger charge is 2.29. The molecular formula is C15H32N2O3. The van der Waals surface area contributed by atoms with Gasteiger partial charge in [0.2, 0.25) is 0 Å². The standard InChI is InChI=1S/C15H32N2O3/c1-6-13(7-2)17(11-12-19-4)10-8-9-15(3,16)14(18)20-5/h13H,6-12,16H2,1-5H3. The molecule has 0 aromatic heterocycles. The van der Waals surface area contributed by atoms with Crippen molar-refractivity contribution in [1.82, 2.24) is 4.90 Å². The number of carbonyl (C=O) groups excluding carboxylic acids is 1. The van der Waals surface area contributed by atoms with Crippen LogP contribution in [0.25, 0.3) is 0 Å². The number of hydrogen-bond donors (Lipinski definition) is 1. The second-order valence-electron chi connectivity index (χ2n) is 5.51. The largest absolute Gasteiger partial charge is 0.468 e. The van der Waals surface area contributed by atoms with Gasteiger partial charge in [-0.25, -0.2) is 0 Å². The number of nitrogens with two attached hydrogens (primary N) is 1. The first-order valence-corrected chi connectivity index (χ1v) is 7.53. The minimum Gasteiger partial charge on any atom is -0.468 e. The van der Waals surface area contributed by atoms with Crippen LogP contribution in [0.4, 0.5) is 0 Å². The summed E-state index contributed by atoms with van der Waals surface area (Å²) in [7, 11) is 3.10. The molecule has 5 heteroatoms. The molecule has 0 rings (SSSR count). The van der Waals surface area contributed by atoms with E-state index in [0.29, 0.717) is 12.5 Å². The third-order valence-electron chi connectivity index (χ3n) is 3.83. The molecule has 0 fully saturated rings. The molecule has 0 saturated carbocycles. The Morgan fingerprint density at radius 2 is 1.85 bits per heavy atom. The van der Waals surface area contributed by atoms with E-state index >= 15 is 0 Å². The van der Waals surface area contributed by atoms with Crippen molar-refractivity contribution in [3.05, 3.63) is 0 Å². The molecule has 0 aliphatic carbocycles. The molecule has 1 unspecified atom stereocenters. The van der Waals surface area contributed by atoms with E-state index in [9.17, 15) is 4.79 Å². The normalized spacial score (nSPS) is 14.6. The Kier molecular flexibility index (Phi) is 9.80. The summed E-state index contributed by atoms with van der Waals surface area (Å²) >= 11 is 0. The zero-order valence-corrected chi connectivity index (χ0v) is 13.8. The molecule has 0 aromatic rings. The van der Waals surface area contributed by atoms with Crippen LogP contribution in [0, 0.1) is 0 Å². The van der Waals surface area contributed by atoms with E-state index in [0.717, 1.165) is 39.0 Å². The molecule has 0 saturated heterocycles. The van der Waals surface area contributed by atoms with Crippen molar-refractivity contribution in [2.24, 2.45) is 5.73 Å². The predicted octanol–water partition coefficient (Wildman–Crippen LogP) is 1.79. The van der Waals surface area contributed by atoms with Crippen LogP contribution in [0.3, 0.4) is 0 Å². The Bertz CT molecular complexity index is 266. The molecule has 0 aliphatic heterocycles. The van der Waals surface area contributed by atoms with E-state index < -0.39 is 5.54 Å². The maximum absolute atomic E-state index is 11.5. The Hall–Kier alpha value is -0.650. The SMILES string of the molecule is CCC(CC)N(CCCC(C)(N)C(=O)OC)CCOC. The van der Waals surface area contributed by atoms with Gasteiger partial charge in [-0.1, -0.05) is 13.8 Å². The smallest absolute Gasteiger partial charge is 0.325 e. The van der Waals surface area contributed by atoms with Gasteiger partial charge in [-0.15, -0.1) is 0 Å². The van der Waals surface area contributed by atoms with Gasteiger partial charge in [0, 0.05) is 19.7 Å². The highest BCUT2D eigenvalue weighted by molar-refractivity contribution is 5.79. The fraction of sp³-hybridized carbons (Fsp3) is 0.933. The fourth-order valence-corrected chi connectivity index (χ4v) is 2.48. The van der Waals surface area contributed by atoms with Crippen LogP contribution in [0.2, 0.25) is 0 Å². The first-order chi connectivity index (χ1) is 9.42. The lowest BCUT2D eigenvalue weighted by molar-refractivity contribution is -0.146. The van der Waals surface area contributed by atoms with Gasteiger partial charge in [-0.2, -0.15) is 0 Å². The Morgan fingerprint density at radius 3 is 2.30 bits per heavy atom. The molecule has 0 amide bonds. The molecule has 0 aliphatic rings. The number of ether oxygens (including phenoxy) is 2. The molecule has 1 atom stereocenters. The number of carbonyl (C=O) groups is 1.